The molecule has 0 atom stereocenters. The van der Waals surface area contributed by atoms with Crippen LogP contribution in [0.15, 0.2) is 34.9 Å². The second-order valence-corrected chi connectivity index (χ2v) is 6.61. The number of thiazole rings is 1. The molecule has 1 aromatic carbocycles. The number of hydrogen-bond acceptors (Lipinski definition) is 3. The zero-order valence-electron chi connectivity index (χ0n) is 11.0. The minimum Gasteiger partial charge on any atom is -0.338 e. The Kier molecular flexibility index (Phi) is 4.17. The molecule has 0 bridgehead atoms. The van der Waals surface area contributed by atoms with Gasteiger partial charge < -0.3 is 4.90 Å². The van der Waals surface area contributed by atoms with Gasteiger partial charge in [-0.25, -0.2) is 4.98 Å². The second kappa shape index (κ2) is 6.06. The molecule has 3 nitrogen and oxygen atoms in total. The van der Waals surface area contributed by atoms with Crippen LogP contribution in [0.5, 0.6) is 0 Å². The van der Waals surface area contributed by atoms with Crippen LogP contribution in [-0.2, 0) is 0 Å². The van der Waals surface area contributed by atoms with Gasteiger partial charge in [0.2, 0.25) is 0 Å². The van der Waals surface area contributed by atoms with Crippen LogP contribution in [0.2, 0.25) is 0 Å². The van der Waals surface area contributed by atoms with Gasteiger partial charge in [-0.2, -0.15) is 0 Å². The first-order valence-corrected chi connectivity index (χ1v) is 8.37. The number of amides is 1. The molecular weight excluding hydrogens is 336 g/mol. The van der Waals surface area contributed by atoms with Crippen molar-refractivity contribution in [3.8, 4) is 10.6 Å². The summed E-state index contributed by atoms with van der Waals surface area (Å²) in [5, 5.41) is 0.887. The van der Waals surface area contributed by atoms with Gasteiger partial charge in [-0.15, -0.1) is 11.3 Å². The number of halogens is 1. The second-order valence-electron chi connectivity index (χ2n) is 4.86. The molecule has 1 fully saturated rings. The Morgan fingerprint density at radius 2 is 1.85 bits per heavy atom. The summed E-state index contributed by atoms with van der Waals surface area (Å²) in [5.41, 5.74) is 1.05. The van der Waals surface area contributed by atoms with E-state index in [1.807, 2.05) is 35.2 Å². The van der Waals surface area contributed by atoms with E-state index in [9.17, 15) is 4.79 Å². The molecule has 0 aliphatic carbocycles. The van der Waals surface area contributed by atoms with Gasteiger partial charge in [-0.3, -0.25) is 4.79 Å². The van der Waals surface area contributed by atoms with Crippen LogP contribution >= 0.6 is 27.3 Å². The van der Waals surface area contributed by atoms with Crippen molar-refractivity contribution < 1.29 is 4.79 Å². The number of carbonyl (C=O) groups is 1. The van der Waals surface area contributed by atoms with Crippen molar-refractivity contribution >= 4 is 33.2 Å². The molecule has 0 saturated carbocycles. The largest absolute Gasteiger partial charge is 0.338 e. The summed E-state index contributed by atoms with van der Waals surface area (Å²) in [5.74, 6) is 0.108. The monoisotopic (exact) mass is 350 g/mol. The maximum atomic E-state index is 12.5. The molecule has 3 rings (SSSR count). The van der Waals surface area contributed by atoms with E-state index in [1.54, 1.807) is 0 Å². The molecule has 2 aromatic rings. The maximum absolute atomic E-state index is 12.5. The van der Waals surface area contributed by atoms with Crippen molar-refractivity contribution in [2.75, 3.05) is 13.1 Å². The molecule has 104 valence electrons. The standard InChI is InChI=1S/C15H15BrN2OS/c16-13-12(15(19)18-9-5-2-6-10-18)20-14(17-13)11-7-3-1-4-8-11/h1,3-4,7-8H,2,5-6,9-10H2. The Morgan fingerprint density at radius 3 is 2.55 bits per heavy atom. The van der Waals surface area contributed by atoms with E-state index >= 15 is 0 Å². The highest BCUT2D eigenvalue weighted by atomic mass is 79.9. The van der Waals surface area contributed by atoms with Crippen LogP contribution < -0.4 is 0 Å². The number of carbonyl (C=O) groups excluding carboxylic acids is 1. The average molecular weight is 351 g/mol. The molecule has 1 saturated heterocycles. The summed E-state index contributed by atoms with van der Waals surface area (Å²) >= 11 is 4.90. The number of hydrogen-bond donors (Lipinski definition) is 0. The van der Waals surface area contributed by atoms with Gasteiger partial charge in [0.1, 0.15) is 14.5 Å². The molecule has 1 aliphatic rings. The molecule has 0 spiro atoms. The summed E-state index contributed by atoms with van der Waals surface area (Å²) in [7, 11) is 0. The summed E-state index contributed by atoms with van der Waals surface area (Å²) in [6, 6.07) is 9.97. The number of piperidine rings is 1. The Hall–Kier alpha value is -1.20. The van der Waals surface area contributed by atoms with Crippen molar-refractivity contribution in [3.63, 3.8) is 0 Å². The van der Waals surface area contributed by atoms with Crippen LogP contribution in [0.4, 0.5) is 0 Å². The number of benzene rings is 1. The third-order valence-corrected chi connectivity index (χ3v) is 5.37. The van der Waals surface area contributed by atoms with E-state index in [0.717, 1.165) is 36.5 Å². The third kappa shape index (κ3) is 2.79. The van der Waals surface area contributed by atoms with E-state index in [0.29, 0.717) is 9.48 Å². The Bertz CT molecular complexity index is 606. The molecule has 5 heteroatoms. The fourth-order valence-corrected chi connectivity index (χ4v) is 4.02. The number of likely N-dealkylation sites (tertiary alicyclic amines) is 1. The number of rotatable bonds is 2. The van der Waals surface area contributed by atoms with Gasteiger partial charge >= 0.3 is 0 Å². The lowest BCUT2D eigenvalue weighted by Crippen LogP contribution is -2.35. The molecule has 20 heavy (non-hydrogen) atoms. The van der Waals surface area contributed by atoms with Crippen LogP contribution in [0.1, 0.15) is 28.9 Å². The van der Waals surface area contributed by atoms with Crippen molar-refractivity contribution in [2.45, 2.75) is 19.3 Å². The fraction of sp³-hybridized carbons (Fsp3) is 0.333. The van der Waals surface area contributed by atoms with Crippen molar-refractivity contribution in [2.24, 2.45) is 0 Å². The third-order valence-electron chi connectivity index (χ3n) is 3.44. The van der Waals surface area contributed by atoms with Crippen molar-refractivity contribution in [1.29, 1.82) is 0 Å². The lowest BCUT2D eigenvalue weighted by Gasteiger charge is -2.26. The topological polar surface area (TPSA) is 33.2 Å². The van der Waals surface area contributed by atoms with Crippen LogP contribution in [-0.4, -0.2) is 28.9 Å². The zero-order valence-corrected chi connectivity index (χ0v) is 13.4. The minimum atomic E-state index is 0.108. The molecule has 1 amide bonds. The predicted molar refractivity (Wildman–Crippen MR) is 85.0 cm³/mol. The molecule has 0 N–H and O–H groups in total. The predicted octanol–water partition coefficient (Wildman–Crippen LogP) is 4.20. The highest BCUT2D eigenvalue weighted by molar-refractivity contribution is 9.10. The molecule has 0 unspecified atom stereocenters. The normalized spacial score (nSPS) is 15.3. The van der Waals surface area contributed by atoms with Gasteiger partial charge in [0.15, 0.2) is 0 Å². The molecule has 2 heterocycles. The quantitative estimate of drug-likeness (QED) is 0.813. The van der Waals surface area contributed by atoms with Crippen LogP contribution in [0, 0.1) is 0 Å². The summed E-state index contributed by atoms with van der Waals surface area (Å²) in [4.78, 5) is 19.7. The van der Waals surface area contributed by atoms with Crippen LogP contribution in [0.25, 0.3) is 10.6 Å². The average Bonchev–Trinajstić information content (AvgIpc) is 2.90. The van der Waals surface area contributed by atoms with E-state index in [-0.39, 0.29) is 5.91 Å². The van der Waals surface area contributed by atoms with Crippen molar-refractivity contribution in [3.05, 3.63) is 39.8 Å². The van der Waals surface area contributed by atoms with E-state index in [2.05, 4.69) is 20.9 Å². The van der Waals surface area contributed by atoms with Crippen molar-refractivity contribution in [1.82, 2.24) is 9.88 Å². The first kappa shape index (κ1) is 13.8. The molecule has 1 aromatic heterocycles. The highest BCUT2D eigenvalue weighted by Crippen LogP contribution is 2.32. The summed E-state index contributed by atoms with van der Waals surface area (Å²) in [6.45, 7) is 1.73. The first-order chi connectivity index (χ1) is 9.75. The minimum absolute atomic E-state index is 0.108. The molecule has 1 aliphatic heterocycles. The van der Waals surface area contributed by atoms with Gasteiger partial charge in [-0.05, 0) is 35.2 Å². The fourth-order valence-electron chi connectivity index (χ4n) is 2.38. The summed E-state index contributed by atoms with van der Waals surface area (Å²) < 4.78 is 0.664. The summed E-state index contributed by atoms with van der Waals surface area (Å²) in [6.07, 6.45) is 3.43. The lowest BCUT2D eigenvalue weighted by atomic mass is 10.1. The van der Waals surface area contributed by atoms with E-state index < -0.39 is 0 Å². The SMILES string of the molecule is O=C(c1sc(-c2ccccc2)nc1Br)N1CCCCC1. The highest BCUT2D eigenvalue weighted by Gasteiger charge is 2.23. The Morgan fingerprint density at radius 1 is 1.15 bits per heavy atom. The van der Waals surface area contributed by atoms with Gasteiger partial charge in [0.25, 0.3) is 5.91 Å². The van der Waals surface area contributed by atoms with Gasteiger partial charge in [0.05, 0.1) is 0 Å². The smallest absolute Gasteiger partial charge is 0.266 e. The number of aromatic nitrogens is 1. The van der Waals surface area contributed by atoms with E-state index in [4.69, 9.17) is 0 Å². The number of nitrogens with zero attached hydrogens (tertiary/aromatic N) is 2. The first-order valence-electron chi connectivity index (χ1n) is 6.77. The Labute approximate surface area is 130 Å². The zero-order chi connectivity index (χ0) is 13.9. The maximum Gasteiger partial charge on any atom is 0.266 e. The molecular formula is C15H15BrN2OS. The van der Waals surface area contributed by atoms with Gasteiger partial charge in [0, 0.05) is 18.7 Å². The Balaban J connectivity index is 1.87. The molecule has 0 radical (unpaired) electrons. The lowest BCUT2D eigenvalue weighted by molar-refractivity contribution is 0.0728. The van der Waals surface area contributed by atoms with E-state index in [1.165, 1.54) is 17.8 Å². The van der Waals surface area contributed by atoms with Gasteiger partial charge in [-0.1, -0.05) is 30.3 Å². The van der Waals surface area contributed by atoms with Crippen LogP contribution in [0.3, 0.4) is 0 Å².